The highest BCUT2D eigenvalue weighted by Crippen LogP contribution is 2.23. The van der Waals surface area contributed by atoms with Crippen molar-refractivity contribution in [3.63, 3.8) is 0 Å². The van der Waals surface area contributed by atoms with Crippen LogP contribution in [0.2, 0.25) is 0 Å². The van der Waals surface area contributed by atoms with Crippen molar-refractivity contribution in [3.8, 4) is 0 Å². The standard InChI is InChI=1S/C13H18O3/c1-3-4-10-12(16-13(14)15-2)11-8-6-5-7-9-11/h5-9,12H,3-4,10H2,1-2H3. The molecule has 1 unspecified atom stereocenters. The van der Waals surface area contributed by atoms with Gasteiger partial charge in [0.15, 0.2) is 0 Å². The molecule has 0 fully saturated rings. The van der Waals surface area contributed by atoms with Gasteiger partial charge in [0.25, 0.3) is 0 Å². The van der Waals surface area contributed by atoms with Crippen LogP contribution in [0, 0.1) is 0 Å². The summed E-state index contributed by atoms with van der Waals surface area (Å²) in [5.41, 5.74) is 1.02. The van der Waals surface area contributed by atoms with Gasteiger partial charge in [-0.15, -0.1) is 0 Å². The van der Waals surface area contributed by atoms with Crippen LogP contribution in [0.1, 0.15) is 37.9 Å². The van der Waals surface area contributed by atoms with E-state index in [1.807, 2.05) is 30.3 Å². The Kier molecular flexibility index (Phi) is 5.40. The molecule has 1 rings (SSSR count). The summed E-state index contributed by atoms with van der Waals surface area (Å²) in [5.74, 6) is 0. The van der Waals surface area contributed by atoms with Gasteiger partial charge < -0.3 is 9.47 Å². The van der Waals surface area contributed by atoms with Crippen molar-refractivity contribution in [3.05, 3.63) is 35.9 Å². The van der Waals surface area contributed by atoms with Crippen LogP contribution in [0.25, 0.3) is 0 Å². The highest BCUT2D eigenvalue weighted by Gasteiger charge is 2.15. The molecule has 0 N–H and O–H groups in total. The third-order valence-corrected chi connectivity index (χ3v) is 2.40. The first kappa shape index (κ1) is 12.6. The van der Waals surface area contributed by atoms with Crippen LogP contribution >= 0.6 is 0 Å². The van der Waals surface area contributed by atoms with Gasteiger partial charge in [0.05, 0.1) is 7.11 Å². The normalized spacial score (nSPS) is 11.9. The van der Waals surface area contributed by atoms with E-state index in [-0.39, 0.29) is 6.10 Å². The SMILES string of the molecule is CCCCC(OC(=O)OC)c1ccccc1. The highest BCUT2D eigenvalue weighted by molar-refractivity contribution is 5.60. The van der Waals surface area contributed by atoms with E-state index in [9.17, 15) is 4.79 Å². The number of carbonyl (C=O) groups excluding carboxylic acids is 1. The minimum Gasteiger partial charge on any atom is -0.438 e. The summed E-state index contributed by atoms with van der Waals surface area (Å²) in [6, 6.07) is 9.74. The van der Waals surface area contributed by atoms with Crippen LogP contribution in [0.4, 0.5) is 4.79 Å². The van der Waals surface area contributed by atoms with Crippen molar-refractivity contribution in [2.24, 2.45) is 0 Å². The van der Waals surface area contributed by atoms with Crippen molar-refractivity contribution >= 4 is 6.16 Å². The van der Waals surface area contributed by atoms with Gasteiger partial charge >= 0.3 is 6.16 Å². The molecule has 0 saturated carbocycles. The average Bonchev–Trinajstić information content (AvgIpc) is 2.35. The van der Waals surface area contributed by atoms with E-state index in [4.69, 9.17) is 4.74 Å². The first-order valence-corrected chi connectivity index (χ1v) is 5.57. The van der Waals surface area contributed by atoms with Crippen molar-refractivity contribution in [2.45, 2.75) is 32.3 Å². The Bertz CT molecular complexity index is 308. The molecule has 0 aliphatic rings. The molecule has 0 spiro atoms. The number of methoxy groups -OCH3 is 1. The predicted molar refractivity (Wildman–Crippen MR) is 62.2 cm³/mol. The third kappa shape index (κ3) is 3.93. The Labute approximate surface area is 96.4 Å². The number of unbranched alkanes of at least 4 members (excludes halogenated alkanes) is 1. The monoisotopic (exact) mass is 222 g/mol. The van der Waals surface area contributed by atoms with Crippen molar-refractivity contribution in [2.75, 3.05) is 7.11 Å². The summed E-state index contributed by atoms with van der Waals surface area (Å²) in [6.07, 6.45) is 2.11. The summed E-state index contributed by atoms with van der Waals surface area (Å²) in [6.45, 7) is 2.11. The molecule has 0 amide bonds. The quantitative estimate of drug-likeness (QED) is 0.712. The lowest BCUT2D eigenvalue weighted by atomic mass is 10.0. The Balaban J connectivity index is 2.67. The van der Waals surface area contributed by atoms with Crippen molar-refractivity contribution < 1.29 is 14.3 Å². The second-order valence-electron chi connectivity index (χ2n) is 3.61. The molecule has 0 radical (unpaired) electrons. The van der Waals surface area contributed by atoms with Gasteiger partial charge in [-0.2, -0.15) is 0 Å². The maximum Gasteiger partial charge on any atom is 0.508 e. The zero-order valence-corrected chi connectivity index (χ0v) is 9.81. The summed E-state index contributed by atoms with van der Waals surface area (Å²) in [7, 11) is 1.32. The van der Waals surface area contributed by atoms with Gasteiger partial charge in [0.2, 0.25) is 0 Å². The molecule has 1 aromatic carbocycles. The topological polar surface area (TPSA) is 35.5 Å². The minimum atomic E-state index is -0.620. The van der Waals surface area contributed by atoms with E-state index < -0.39 is 6.16 Å². The lowest BCUT2D eigenvalue weighted by Gasteiger charge is -2.16. The van der Waals surface area contributed by atoms with E-state index in [0.717, 1.165) is 24.8 Å². The van der Waals surface area contributed by atoms with Crippen LogP contribution in [0.3, 0.4) is 0 Å². The highest BCUT2D eigenvalue weighted by atomic mass is 16.7. The summed E-state index contributed by atoms with van der Waals surface area (Å²) in [4.78, 5) is 11.1. The van der Waals surface area contributed by atoms with Crippen LogP contribution in [0.15, 0.2) is 30.3 Å². The van der Waals surface area contributed by atoms with Gasteiger partial charge in [-0.25, -0.2) is 4.79 Å². The lowest BCUT2D eigenvalue weighted by molar-refractivity contribution is 0.0323. The molecule has 0 saturated heterocycles. The maximum absolute atomic E-state index is 11.1. The Morgan fingerprint density at radius 3 is 2.56 bits per heavy atom. The van der Waals surface area contributed by atoms with Crippen LogP contribution in [-0.2, 0) is 9.47 Å². The van der Waals surface area contributed by atoms with Crippen LogP contribution in [0.5, 0.6) is 0 Å². The third-order valence-electron chi connectivity index (χ3n) is 2.40. The first-order chi connectivity index (χ1) is 7.77. The maximum atomic E-state index is 11.1. The number of ether oxygens (including phenoxy) is 2. The van der Waals surface area contributed by atoms with E-state index in [2.05, 4.69) is 11.7 Å². The number of carbonyl (C=O) groups is 1. The number of rotatable bonds is 5. The Hall–Kier alpha value is -1.51. The largest absolute Gasteiger partial charge is 0.508 e. The van der Waals surface area contributed by atoms with Gasteiger partial charge in [-0.3, -0.25) is 0 Å². The molecule has 0 bridgehead atoms. The molecule has 3 heteroatoms. The molecular weight excluding hydrogens is 204 g/mol. The number of hydrogen-bond donors (Lipinski definition) is 0. The second kappa shape index (κ2) is 6.88. The molecule has 1 aromatic rings. The summed E-state index contributed by atoms with van der Waals surface area (Å²) < 4.78 is 9.75. The molecule has 88 valence electrons. The zero-order valence-electron chi connectivity index (χ0n) is 9.81. The van der Waals surface area contributed by atoms with E-state index in [0.29, 0.717) is 0 Å². The Morgan fingerprint density at radius 2 is 2.00 bits per heavy atom. The molecule has 16 heavy (non-hydrogen) atoms. The average molecular weight is 222 g/mol. The molecule has 0 aromatic heterocycles. The van der Waals surface area contributed by atoms with Gasteiger partial charge in [0.1, 0.15) is 6.10 Å². The molecule has 0 heterocycles. The molecular formula is C13H18O3. The van der Waals surface area contributed by atoms with E-state index in [1.54, 1.807) is 0 Å². The lowest BCUT2D eigenvalue weighted by Crippen LogP contribution is -2.11. The van der Waals surface area contributed by atoms with Crippen molar-refractivity contribution in [1.29, 1.82) is 0 Å². The fourth-order valence-electron chi connectivity index (χ4n) is 1.52. The number of benzene rings is 1. The number of hydrogen-bond acceptors (Lipinski definition) is 3. The van der Waals surface area contributed by atoms with Crippen LogP contribution in [-0.4, -0.2) is 13.3 Å². The fourth-order valence-corrected chi connectivity index (χ4v) is 1.52. The predicted octanol–water partition coefficient (Wildman–Crippen LogP) is 3.70. The molecule has 3 nitrogen and oxygen atoms in total. The van der Waals surface area contributed by atoms with E-state index in [1.165, 1.54) is 7.11 Å². The van der Waals surface area contributed by atoms with Gasteiger partial charge in [0, 0.05) is 0 Å². The second-order valence-corrected chi connectivity index (χ2v) is 3.61. The Morgan fingerprint density at radius 1 is 1.31 bits per heavy atom. The van der Waals surface area contributed by atoms with Crippen molar-refractivity contribution in [1.82, 2.24) is 0 Å². The summed E-state index contributed by atoms with van der Waals surface area (Å²) >= 11 is 0. The fraction of sp³-hybridized carbons (Fsp3) is 0.462. The van der Waals surface area contributed by atoms with E-state index >= 15 is 0 Å². The smallest absolute Gasteiger partial charge is 0.438 e. The van der Waals surface area contributed by atoms with Gasteiger partial charge in [-0.05, 0) is 18.4 Å². The first-order valence-electron chi connectivity index (χ1n) is 5.57. The van der Waals surface area contributed by atoms with Crippen LogP contribution < -0.4 is 0 Å². The summed E-state index contributed by atoms with van der Waals surface area (Å²) in [5, 5.41) is 0. The molecule has 1 atom stereocenters. The minimum absolute atomic E-state index is 0.200. The van der Waals surface area contributed by atoms with Gasteiger partial charge in [-0.1, -0.05) is 43.7 Å². The molecule has 0 aliphatic carbocycles. The zero-order chi connectivity index (χ0) is 11.8. The molecule has 0 aliphatic heterocycles.